The SMILES string of the molecule is CCC(NC(=O)c1ccnc(F)c1F)c1cccc(Cl)c1. The first-order chi connectivity index (χ1) is 10.0. The number of aromatic nitrogens is 1. The van der Waals surface area contributed by atoms with Crippen LogP contribution < -0.4 is 5.32 Å². The van der Waals surface area contributed by atoms with Crippen molar-refractivity contribution in [3.63, 3.8) is 0 Å². The van der Waals surface area contributed by atoms with Crippen molar-refractivity contribution in [3.8, 4) is 0 Å². The van der Waals surface area contributed by atoms with Gasteiger partial charge in [-0.2, -0.15) is 4.39 Å². The summed E-state index contributed by atoms with van der Waals surface area (Å²) < 4.78 is 26.6. The van der Waals surface area contributed by atoms with Crippen molar-refractivity contribution >= 4 is 17.5 Å². The van der Waals surface area contributed by atoms with Crippen LogP contribution in [-0.2, 0) is 0 Å². The first-order valence-electron chi connectivity index (χ1n) is 6.39. The van der Waals surface area contributed by atoms with Gasteiger partial charge < -0.3 is 5.32 Å². The lowest BCUT2D eigenvalue weighted by Gasteiger charge is -2.18. The Balaban J connectivity index is 2.22. The Morgan fingerprint density at radius 2 is 2.14 bits per heavy atom. The second-order valence-corrected chi connectivity index (χ2v) is 4.89. The standard InChI is InChI=1S/C15H13ClF2N2O/c1-2-12(9-4-3-5-10(16)8-9)20-15(21)11-6-7-19-14(18)13(11)17/h3-8,12H,2H2,1H3,(H,20,21). The van der Waals surface area contributed by atoms with Crippen molar-refractivity contribution < 1.29 is 13.6 Å². The molecule has 0 aliphatic rings. The van der Waals surface area contributed by atoms with Crippen LogP contribution in [0.15, 0.2) is 36.5 Å². The molecule has 110 valence electrons. The third kappa shape index (κ3) is 3.55. The molecule has 0 aliphatic heterocycles. The van der Waals surface area contributed by atoms with E-state index < -0.39 is 17.7 Å². The Morgan fingerprint density at radius 3 is 2.81 bits per heavy atom. The van der Waals surface area contributed by atoms with E-state index in [1.54, 1.807) is 18.2 Å². The molecule has 1 aromatic heterocycles. The number of benzene rings is 1. The van der Waals surface area contributed by atoms with E-state index in [-0.39, 0.29) is 11.6 Å². The molecular weight excluding hydrogens is 298 g/mol. The highest BCUT2D eigenvalue weighted by Gasteiger charge is 2.19. The molecule has 21 heavy (non-hydrogen) atoms. The van der Waals surface area contributed by atoms with Crippen molar-refractivity contribution in [1.82, 2.24) is 10.3 Å². The molecule has 0 fully saturated rings. The van der Waals surface area contributed by atoms with Gasteiger partial charge in [0.1, 0.15) is 0 Å². The van der Waals surface area contributed by atoms with Crippen LogP contribution in [-0.4, -0.2) is 10.9 Å². The number of pyridine rings is 1. The molecule has 6 heteroatoms. The molecule has 0 aliphatic carbocycles. The molecule has 1 N–H and O–H groups in total. The van der Waals surface area contributed by atoms with Crippen molar-refractivity contribution in [1.29, 1.82) is 0 Å². The summed E-state index contributed by atoms with van der Waals surface area (Å²) in [5.41, 5.74) is 0.427. The molecule has 1 unspecified atom stereocenters. The third-order valence-electron chi connectivity index (χ3n) is 3.06. The smallest absolute Gasteiger partial charge is 0.254 e. The minimum atomic E-state index is -1.29. The van der Waals surface area contributed by atoms with E-state index in [1.807, 2.05) is 13.0 Å². The monoisotopic (exact) mass is 310 g/mol. The number of carbonyl (C=O) groups is 1. The Kier molecular flexibility index (Phi) is 4.85. The van der Waals surface area contributed by atoms with Crippen LogP contribution in [0, 0.1) is 11.8 Å². The van der Waals surface area contributed by atoms with Crippen LogP contribution in [0.5, 0.6) is 0 Å². The van der Waals surface area contributed by atoms with Gasteiger partial charge in [0.05, 0.1) is 11.6 Å². The second kappa shape index (κ2) is 6.63. The van der Waals surface area contributed by atoms with E-state index in [9.17, 15) is 13.6 Å². The summed E-state index contributed by atoms with van der Waals surface area (Å²) in [6, 6.07) is 7.81. The average molecular weight is 311 g/mol. The summed E-state index contributed by atoms with van der Waals surface area (Å²) in [7, 11) is 0. The highest BCUT2D eigenvalue weighted by Crippen LogP contribution is 2.21. The molecule has 1 heterocycles. The molecule has 0 spiro atoms. The van der Waals surface area contributed by atoms with Gasteiger partial charge in [-0.15, -0.1) is 0 Å². The Labute approximate surface area is 126 Å². The maximum Gasteiger partial charge on any atom is 0.254 e. The van der Waals surface area contributed by atoms with Crippen molar-refractivity contribution in [3.05, 3.63) is 64.4 Å². The van der Waals surface area contributed by atoms with Gasteiger partial charge in [-0.25, -0.2) is 9.37 Å². The normalized spacial score (nSPS) is 12.0. The fourth-order valence-electron chi connectivity index (χ4n) is 1.97. The zero-order valence-corrected chi connectivity index (χ0v) is 12.0. The largest absolute Gasteiger partial charge is 0.345 e. The number of rotatable bonds is 4. The minimum absolute atomic E-state index is 0.341. The number of hydrogen-bond donors (Lipinski definition) is 1. The molecule has 0 saturated carbocycles. The zero-order valence-electron chi connectivity index (χ0n) is 11.2. The van der Waals surface area contributed by atoms with Crippen LogP contribution in [0.3, 0.4) is 0 Å². The fourth-order valence-corrected chi connectivity index (χ4v) is 2.17. The van der Waals surface area contributed by atoms with E-state index in [0.717, 1.165) is 17.8 Å². The van der Waals surface area contributed by atoms with Crippen LogP contribution in [0.25, 0.3) is 0 Å². The maximum atomic E-state index is 13.6. The second-order valence-electron chi connectivity index (χ2n) is 4.45. The van der Waals surface area contributed by atoms with Crippen LogP contribution in [0.2, 0.25) is 5.02 Å². The molecule has 1 amide bonds. The number of carbonyl (C=O) groups excluding carboxylic acids is 1. The first-order valence-corrected chi connectivity index (χ1v) is 6.77. The van der Waals surface area contributed by atoms with E-state index in [0.29, 0.717) is 11.4 Å². The van der Waals surface area contributed by atoms with E-state index in [1.165, 1.54) is 0 Å². The number of hydrogen-bond acceptors (Lipinski definition) is 2. The molecule has 2 aromatic rings. The van der Waals surface area contributed by atoms with Gasteiger partial charge >= 0.3 is 0 Å². The first kappa shape index (κ1) is 15.4. The lowest BCUT2D eigenvalue weighted by Crippen LogP contribution is -2.29. The molecule has 1 aromatic carbocycles. The summed E-state index contributed by atoms with van der Waals surface area (Å²) in [5.74, 6) is -3.24. The summed E-state index contributed by atoms with van der Waals surface area (Å²) in [6.07, 6.45) is 1.63. The lowest BCUT2D eigenvalue weighted by molar-refractivity contribution is 0.0930. The van der Waals surface area contributed by atoms with E-state index >= 15 is 0 Å². The van der Waals surface area contributed by atoms with Crippen molar-refractivity contribution in [2.45, 2.75) is 19.4 Å². The highest BCUT2D eigenvalue weighted by atomic mass is 35.5. The van der Waals surface area contributed by atoms with Crippen molar-refractivity contribution in [2.75, 3.05) is 0 Å². The minimum Gasteiger partial charge on any atom is -0.345 e. The van der Waals surface area contributed by atoms with Gasteiger partial charge in [-0.1, -0.05) is 30.7 Å². The lowest BCUT2D eigenvalue weighted by atomic mass is 10.0. The summed E-state index contributed by atoms with van der Waals surface area (Å²) in [6.45, 7) is 1.87. The number of amides is 1. The number of nitrogens with one attached hydrogen (secondary N) is 1. The summed E-state index contributed by atoms with van der Waals surface area (Å²) >= 11 is 5.91. The van der Waals surface area contributed by atoms with Gasteiger partial charge in [0.2, 0.25) is 5.95 Å². The van der Waals surface area contributed by atoms with Gasteiger partial charge in [-0.3, -0.25) is 4.79 Å². The molecule has 0 saturated heterocycles. The average Bonchev–Trinajstić information content (AvgIpc) is 2.47. The maximum absolute atomic E-state index is 13.6. The Bertz CT molecular complexity index is 664. The van der Waals surface area contributed by atoms with Gasteiger partial charge in [-0.05, 0) is 30.2 Å². The molecule has 1 atom stereocenters. The molecular formula is C15H13ClF2N2O. The summed E-state index contributed by atoms with van der Waals surface area (Å²) in [5, 5.41) is 3.21. The van der Waals surface area contributed by atoms with Crippen LogP contribution in [0.4, 0.5) is 8.78 Å². The summed E-state index contributed by atoms with van der Waals surface area (Å²) in [4.78, 5) is 15.2. The predicted molar refractivity (Wildman–Crippen MR) is 76.1 cm³/mol. The van der Waals surface area contributed by atoms with Crippen molar-refractivity contribution in [2.24, 2.45) is 0 Å². The fraction of sp³-hybridized carbons (Fsp3) is 0.200. The predicted octanol–water partition coefficient (Wildman–Crippen LogP) is 3.89. The highest BCUT2D eigenvalue weighted by molar-refractivity contribution is 6.30. The topological polar surface area (TPSA) is 42.0 Å². The molecule has 0 bridgehead atoms. The molecule has 0 radical (unpaired) electrons. The van der Waals surface area contributed by atoms with Crippen LogP contribution in [0.1, 0.15) is 35.3 Å². The molecule has 3 nitrogen and oxygen atoms in total. The zero-order chi connectivity index (χ0) is 15.4. The van der Waals surface area contributed by atoms with Gasteiger partial charge in [0.15, 0.2) is 5.82 Å². The van der Waals surface area contributed by atoms with E-state index in [2.05, 4.69) is 10.3 Å². The molecule has 2 rings (SSSR count). The number of halogens is 3. The third-order valence-corrected chi connectivity index (χ3v) is 3.29. The quantitative estimate of drug-likeness (QED) is 0.870. The number of nitrogens with zero attached hydrogens (tertiary/aromatic N) is 1. The van der Waals surface area contributed by atoms with Gasteiger partial charge in [0.25, 0.3) is 5.91 Å². The van der Waals surface area contributed by atoms with Crippen LogP contribution >= 0.6 is 11.6 Å². The van der Waals surface area contributed by atoms with Gasteiger partial charge in [0, 0.05) is 11.2 Å². The Hall–Kier alpha value is -2.01. The Morgan fingerprint density at radius 1 is 1.38 bits per heavy atom. The van der Waals surface area contributed by atoms with E-state index in [4.69, 9.17) is 11.6 Å².